The molecule has 0 saturated carbocycles. The first-order valence-electron chi connectivity index (χ1n) is 7.61. The fraction of sp³-hybridized carbons (Fsp3) is 0.625. The predicted octanol–water partition coefficient (Wildman–Crippen LogP) is 0.648. The maximum absolute atomic E-state index is 9.18. The second-order valence-corrected chi connectivity index (χ2v) is 5.51. The predicted molar refractivity (Wildman–Crippen MR) is 82.6 cm³/mol. The van der Waals surface area contributed by atoms with Crippen LogP contribution in [0.15, 0.2) is 24.3 Å². The summed E-state index contributed by atoms with van der Waals surface area (Å²) >= 11 is 0. The lowest BCUT2D eigenvalue weighted by Crippen LogP contribution is -2.50. The Bertz CT molecular complexity index is 410. The monoisotopic (exact) mass is 294 g/mol. The van der Waals surface area contributed by atoms with Gasteiger partial charge in [-0.15, -0.1) is 0 Å². The van der Waals surface area contributed by atoms with Crippen molar-refractivity contribution in [2.45, 2.75) is 25.5 Å². The molecule has 118 valence electrons. The zero-order chi connectivity index (χ0) is 15.1. The van der Waals surface area contributed by atoms with Crippen molar-refractivity contribution < 1.29 is 14.6 Å². The molecule has 1 aromatic rings. The zero-order valence-corrected chi connectivity index (χ0v) is 12.7. The Morgan fingerprint density at radius 1 is 1.38 bits per heavy atom. The van der Waals surface area contributed by atoms with Crippen LogP contribution in [-0.4, -0.2) is 61.6 Å². The van der Waals surface area contributed by atoms with Crippen LogP contribution >= 0.6 is 0 Å². The van der Waals surface area contributed by atoms with Gasteiger partial charge in [0.25, 0.3) is 0 Å². The van der Waals surface area contributed by atoms with Gasteiger partial charge in [-0.05, 0) is 37.6 Å². The first kappa shape index (κ1) is 16.2. The van der Waals surface area contributed by atoms with Crippen molar-refractivity contribution in [3.05, 3.63) is 29.8 Å². The van der Waals surface area contributed by atoms with E-state index in [0.29, 0.717) is 25.8 Å². The molecule has 0 aromatic heterocycles. The molecule has 1 fully saturated rings. The third-order valence-corrected chi connectivity index (χ3v) is 3.84. The first-order valence-corrected chi connectivity index (χ1v) is 7.61. The summed E-state index contributed by atoms with van der Waals surface area (Å²) in [5.74, 6) is 0.885. The summed E-state index contributed by atoms with van der Waals surface area (Å²) in [5.41, 5.74) is 6.77. The molecule has 2 atom stereocenters. The Morgan fingerprint density at radius 2 is 2.14 bits per heavy atom. The van der Waals surface area contributed by atoms with Crippen molar-refractivity contribution in [3.63, 3.8) is 0 Å². The van der Waals surface area contributed by atoms with E-state index in [1.165, 1.54) is 5.56 Å². The minimum atomic E-state index is -0.0725. The molecular weight excluding hydrogens is 268 g/mol. The van der Waals surface area contributed by atoms with E-state index in [9.17, 15) is 5.11 Å². The highest BCUT2D eigenvalue weighted by molar-refractivity contribution is 5.27. The molecule has 1 aliphatic heterocycles. The molecule has 0 aliphatic carbocycles. The Balaban J connectivity index is 1.75. The highest BCUT2D eigenvalue weighted by Gasteiger charge is 2.25. The third-order valence-electron chi connectivity index (χ3n) is 3.84. The molecule has 5 heteroatoms. The number of aliphatic hydroxyl groups excluding tert-OH is 1. The number of nitrogens with zero attached hydrogens (tertiary/aromatic N) is 1. The fourth-order valence-corrected chi connectivity index (χ4v) is 2.50. The Kier molecular flexibility index (Phi) is 6.45. The van der Waals surface area contributed by atoms with Gasteiger partial charge in [0.2, 0.25) is 0 Å². The maximum Gasteiger partial charge on any atom is 0.119 e. The van der Waals surface area contributed by atoms with E-state index in [0.717, 1.165) is 25.3 Å². The van der Waals surface area contributed by atoms with Crippen LogP contribution in [0, 0.1) is 0 Å². The number of hydrogen-bond acceptors (Lipinski definition) is 5. The Hall–Kier alpha value is -1.14. The van der Waals surface area contributed by atoms with E-state index in [-0.39, 0.29) is 12.7 Å². The molecule has 2 rings (SSSR count). The highest BCUT2D eigenvalue weighted by atomic mass is 16.5. The van der Waals surface area contributed by atoms with Gasteiger partial charge in [0, 0.05) is 19.1 Å². The summed E-state index contributed by atoms with van der Waals surface area (Å²) in [7, 11) is 0. The fourth-order valence-electron chi connectivity index (χ4n) is 2.50. The van der Waals surface area contributed by atoms with Crippen LogP contribution in [0.25, 0.3) is 0 Å². The van der Waals surface area contributed by atoms with Gasteiger partial charge in [-0.1, -0.05) is 12.1 Å². The number of aliphatic hydroxyl groups is 1. The van der Waals surface area contributed by atoms with Crippen LogP contribution in [0.3, 0.4) is 0 Å². The van der Waals surface area contributed by atoms with Crippen LogP contribution < -0.4 is 10.5 Å². The summed E-state index contributed by atoms with van der Waals surface area (Å²) in [5, 5.41) is 9.18. The number of nitrogens with two attached hydrogens (primary N) is 1. The molecule has 1 aliphatic rings. The van der Waals surface area contributed by atoms with Crippen molar-refractivity contribution >= 4 is 0 Å². The second-order valence-electron chi connectivity index (χ2n) is 5.51. The van der Waals surface area contributed by atoms with Gasteiger partial charge in [-0.25, -0.2) is 0 Å². The number of benzene rings is 1. The second kappa shape index (κ2) is 8.34. The SMILES string of the molecule is CC1COC(CO)CN1CCOc1ccc(CCN)cc1. The largest absolute Gasteiger partial charge is 0.492 e. The van der Waals surface area contributed by atoms with Crippen LogP contribution in [0.4, 0.5) is 0 Å². The average Bonchev–Trinajstić information content (AvgIpc) is 2.51. The highest BCUT2D eigenvalue weighted by Crippen LogP contribution is 2.14. The summed E-state index contributed by atoms with van der Waals surface area (Å²) in [4.78, 5) is 2.30. The Labute approximate surface area is 126 Å². The standard InChI is InChI=1S/C16H26N2O3/c1-13-12-21-16(11-19)10-18(13)8-9-20-15-4-2-14(3-5-15)6-7-17/h2-5,13,16,19H,6-12,17H2,1H3. The van der Waals surface area contributed by atoms with E-state index in [1.54, 1.807) is 0 Å². The molecule has 1 saturated heterocycles. The molecule has 0 spiro atoms. The van der Waals surface area contributed by atoms with Crippen LogP contribution in [0.1, 0.15) is 12.5 Å². The van der Waals surface area contributed by atoms with E-state index >= 15 is 0 Å². The van der Waals surface area contributed by atoms with Crippen LogP contribution in [0.5, 0.6) is 5.75 Å². The smallest absolute Gasteiger partial charge is 0.119 e. The molecule has 21 heavy (non-hydrogen) atoms. The molecule has 0 bridgehead atoms. The number of morpholine rings is 1. The number of ether oxygens (including phenoxy) is 2. The molecule has 1 aromatic carbocycles. The maximum atomic E-state index is 9.18. The van der Waals surface area contributed by atoms with Gasteiger partial charge in [-0.3, -0.25) is 4.90 Å². The molecule has 5 nitrogen and oxygen atoms in total. The Morgan fingerprint density at radius 3 is 2.81 bits per heavy atom. The van der Waals surface area contributed by atoms with E-state index < -0.39 is 0 Å². The average molecular weight is 294 g/mol. The third kappa shape index (κ3) is 4.97. The van der Waals surface area contributed by atoms with Crippen molar-refractivity contribution in [2.75, 3.05) is 39.5 Å². The molecule has 2 unspecified atom stereocenters. The molecule has 3 N–H and O–H groups in total. The van der Waals surface area contributed by atoms with E-state index in [4.69, 9.17) is 15.2 Å². The van der Waals surface area contributed by atoms with Crippen molar-refractivity contribution in [2.24, 2.45) is 5.73 Å². The van der Waals surface area contributed by atoms with Gasteiger partial charge >= 0.3 is 0 Å². The van der Waals surface area contributed by atoms with Gasteiger partial charge in [0.15, 0.2) is 0 Å². The van der Waals surface area contributed by atoms with Gasteiger partial charge < -0.3 is 20.3 Å². The van der Waals surface area contributed by atoms with Crippen LogP contribution in [-0.2, 0) is 11.2 Å². The first-order chi connectivity index (χ1) is 10.2. The summed E-state index contributed by atoms with van der Waals surface area (Å²) < 4.78 is 11.3. The van der Waals surface area contributed by atoms with Crippen molar-refractivity contribution in [1.82, 2.24) is 4.90 Å². The number of hydrogen-bond donors (Lipinski definition) is 2. The van der Waals surface area contributed by atoms with Gasteiger partial charge in [0.1, 0.15) is 12.4 Å². The molecule has 0 amide bonds. The summed E-state index contributed by atoms with van der Waals surface area (Å²) in [6.45, 7) is 5.78. The van der Waals surface area contributed by atoms with E-state index in [1.807, 2.05) is 12.1 Å². The quantitative estimate of drug-likeness (QED) is 0.773. The molecule has 0 radical (unpaired) electrons. The molecular formula is C16H26N2O3. The zero-order valence-electron chi connectivity index (χ0n) is 12.7. The van der Waals surface area contributed by atoms with Gasteiger partial charge in [-0.2, -0.15) is 0 Å². The van der Waals surface area contributed by atoms with Crippen molar-refractivity contribution in [1.29, 1.82) is 0 Å². The topological polar surface area (TPSA) is 68.0 Å². The van der Waals surface area contributed by atoms with E-state index in [2.05, 4.69) is 24.0 Å². The molecule has 1 heterocycles. The lowest BCUT2D eigenvalue weighted by Gasteiger charge is -2.37. The van der Waals surface area contributed by atoms with Crippen LogP contribution in [0.2, 0.25) is 0 Å². The number of rotatable bonds is 7. The summed E-state index contributed by atoms with van der Waals surface area (Å²) in [6.07, 6.45) is 0.824. The minimum absolute atomic E-state index is 0.0725. The lowest BCUT2D eigenvalue weighted by molar-refractivity contribution is -0.0798. The normalized spacial score (nSPS) is 23.2. The summed E-state index contributed by atoms with van der Waals surface area (Å²) in [6, 6.07) is 8.46. The van der Waals surface area contributed by atoms with Crippen molar-refractivity contribution in [3.8, 4) is 5.75 Å². The lowest BCUT2D eigenvalue weighted by atomic mass is 10.1. The van der Waals surface area contributed by atoms with Gasteiger partial charge in [0.05, 0.1) is 19.3 Å². The minimum Gasteiger partial charge on any atom is -0.492 e.